The van der Waals surface area contributed by atoms with Crippen molar-refractivity contribution in [2.75, 3.05) is 0 Å². The summed E-state index contributed by atoms with van der Waals surface area (Å²) < 4.78 is 1.03. The van der Waals surface area contributed by atoms with Gasteiger partial charge in [0.15, 0.2) is 0 Å². The molecule has 1 aromatic heterocycles. The molecule has 1 nitrogen and oxygen atoms in total. The van der Waals surface area contributed by atoms with Gasteiger partial charge in [-0.25, -0.2) is 0 Å². The first-order chi connectivity index (χ1) is 9.31. The second kappa shape index (κ2) is 5.54. The molecule has 2 heteroatoms. The van der Waals surface area contributed by atoms with Gasteiger partial charge in [0.2, 0.25) is 0 Å². The van der Waals surface area contributed by atoms with Crippen LogP contribution in [0.4, 0.5) is 0 Å². The number of nitrogens with zero attached hydrogens (tertiary/aromatic N) is 1. The quantitative estimate of drug-likeness (QED) is 0.678. The van der Waals surface area contributed by atoms with E-state index in [9.17, 15) is 0 Å². The van der Waals surface area contributed by atoms with Crippen LogP contribution in [-0.2, 0) is 12.8 Å². The first kappa shape index (κ1) is 12.4. The monoisotopic (exact) mass is 311 g/mol. The van der Waals surface area contributed by atoms with Crippen LogP contribution in [0.15, 0.2) is 65.3 Å². The molecular weight excluding hydrogens is 298 g/mol. The first-order valence-electron chi connectivity index (χ1n) is 6.39. The molecule has 0 saturated carbocycles. The van der Waals surface area contributed by atoms with E-state index in [0.29, 0.717) is 0 Å². The highest BCUT2D eigenvalue weighted by atomic mass is 79.9. The van der Waals surface area contributed by atoms with Crippen LogP contribution in [0.2, 0.25) is 0 Å². The summed E-state index contributed by atoms with van der Waals surface area (Å²) in [5, 5.41) is 1.19. The fourth-order valence-corrected chi connectivity index (χ4v) is 2.59. The first-order valence-corrected chi connectivity index (χ1v) is 7.19. The summed E-state index contributed by atoms with van der Waals surface area (Å²) in [7, 11) is 0. The number of hydrogen-bond donors (Lipinski definition) is 0. The van der Waals surface area contributed by atoms with Gasteiger partial charge in [0, 0.05) is 16.1 Å². The van der Waals surface area contributed by atoms with Gasteiger partial charge in [-0.3, -0.25) is 4.98 Å². The van der Waals surface area contributed by atoms with Crippen LogP contribution in [0.5, 0.6) is 0 Å². The van der Waals surface area contributed by atoms with Crippen molar-refractivity contribution in [1.82, 2.24) is 4.98 Å². The van der Waals surface area contributed by atoms with E-state index in [-0.39, 0.29) is 0 Å². The Morgan fingerprint density at radius 3 is 2.47 bits per heavy atom. The van der Waals surface area contributed by atoms with Gasteiger partial charge >= 0.3 is 0 Å². The minimum atomic E-state index is 1.03. The van der Waals surface area contributed by atoms with Gasteiger partial charge in [-0.05, 0) is 58.1 Å². The molecule has 0 aliphatic heterocycles. The van der Waals surface area contributed by atoms with Crippen LogP contribution in [0.1, 0.15) is 11.1 Å². The number of halogens is 1. The highest BCUT2D eigenvalue weighted by molar-refractivity contribution is 9.10. The van der Waals surface area contributed by atoms with Crippen molar-refractivity contribution in [2.24, 2.45) is 0 Å². The number of aromatic nitrogens is 1. The highest BCUT2D eigenvalue weighted by Gasteiger charge is 2.00. The van der Waals surface area contributed by atoms with Crippen molar-refractivity contribution < 1.29 is 0 Å². The Morgan fingerprint density at radius 2 is 1.63 bits per heavy atom. The summed E-state index contributed by atoms with van der Waals surface area (Å²) in [5.74, 6) is 0. The van der Waals surface area contributed by atoms with Gasteiger partial charge in [0.05, 0.1) is 5.52 Å². The van der Waals surface area contributed by atoms with E-state index >= 15 is 0 Å². The minimum absolute atomic E-state index is 1.03. The molecule has 0 bridgehead atoms. The van der Waals surface area contributed by atoms with Crippen molar-refractivity contribution in [1.29, 1.82) is 0 Å². The van der Waals surface area contributed by atoms with Crippen molar-refractivity contribution in [3.05, 3.63) is 76.4 Å². The lowest BCUT2D eigenvalue weighted by molar-refractivity contribution is 0.962. The van der Waals surface area contributed by atoms with Gasteiger partial charge in [0.1, 0.15) is 0 Å². The van der Waals surface area contributed by atoms with Crippen LogP contribution >= 0.6 is 15.9 Å². The fraction of sp³-hybridized carbons (Fsp3) is 0.118. The molecule has 3 rings (SSSR count). The number of benzene rings is 2. The minimum Gasteiger partial charge on any atom is -0.255 e. The number of aryl methyl sites for hydroxylation is 2. The van der Waals surface area contributed by atoms with Crippen LogP contribution < -0.4 is 0 Å². The maximum absolute atomic E-state index is 4.39. The predicted molar refractivity (Wildman–Crippen MR) is 83.3 cm³/mol. The summed E-state index contributed by atoms with van der Waals surface area (Å²) >= 11 is 3.47. The molecule has 19 heavy (non-hydrogen) atoms. The van der Waals surface area contributed by atoms with E-state index < -0.39 is 0 Å². The summed E-state index contributed by atoms with van der Waals surface area (Å²) in [6.07, 6.45) is 3.98. The Kier molecular flexibility index (Phi) is 3.60. The zero-order valence-corrected chi connectivity index (χ0v) is 12.1. The SMILES string of the molecule is Brc1cnc2ccc(CCc3ccccc3)cc2c1. The number of fused-ring (bicyclic) bond motifs is 1. The molecule has 3 aromatic rings. The average Bonchev–Trinajstić information content (AvgIpc) is 2.46. The smallest absolute Gasteiger partial charge is 0.0703 e. The van der Waals surface area contributed by atoms with Crippen LogP contribution in [0.3, 0.4) is 0 Å². The molecular formula is C17H14BrN. The van der Waals surface area contributed by atoms with Gasteiger partial charge in [-0.2, -0.15) is 0 Å². The number of rotatable bonds is 3. The van der Waals surface area contributed by atoms with Gasteiger partial charge in [-0.15, -0.1) is 0 Å². The van der Waals surface area contributed by atoms with Crippen molar-refractivity contribution in [3.8, 4) is 0 Å². The lowest BCUT2D eigenvalue weighted by atomic mass is 10.0. The molecule has 0 spiro atoms. The van der Waals surface area contributed by atoms with Crippen LogP contribution in [-0.4, -0.2) is 4.98 Å². The molecule has 0 fully saturated rings. The third-order valence-electron chi connectivity index (χ3n) is 3.26. The molecule has 94 valence electrons. The van der Waals surface area contributed by atoms with E-state index in [1.54, 1.807) is 0 Å². The van der Waals surface area contributed by atoms with E-state index in [2.05, 4.69) is 75.5 Å². The largest absolute Gasteiger partial charge is 0.255 e. The molecule has 2 aromatic carbocycles. The molecule has 0 amide bonds. The van der Waals surface area contributed by atoms with E-state index in [1.165, 1.54) is 16.5 Å². The molecule has 0 saturated heterocycles. The fourth-order valence-electron chi connectivity index (χ4n) is 2.24. The predicted octanol–water partition coefficient (Wildman–Crippen LogP) is 4.78. The Bertz CT molecular complexity index is 692. The molecule has 1 heterocycles. The zero-order chi connectivity index (χ0) is 13.1. The molecule has 0 aliphatic carbocycles. The lowest BCUT2D eigenvalue weighted by Crippen LogP contribution is -1.91. The Hall–Kier alpha value is -1.67. The summed E-state index contributed by atoms with van der Waals surface area (Å²) in [6.45, 7) is 0. The second-order valence-electron chi connectivity index (χ2n) is 4.67. The molecule has 0 aliphatic rings. The topological polar surface area (TPSA) is 12.9 Å². The summed E-state index contributed by atoms with van der Waals surface area (Å²) in [5.41, 5.74) is 3.79. The standard InChI is InChI=1S/C17H14BrN/c18-16-11-15-10-14(8-9-17(15)19-12-16)7-6-13-4-2-1-3-5-13/h1-5,8-12H,6-7H2. The maximum atomic E-state index is 4.39. The number of pyridine rings is 1. The van der Waals surface area contributed by atoms with Gasteiger partial charge in [0.25, 0.3) is 0 Å². The van der Waals surface area contributed by atoms with Gasteiger partial charge in [-0.1, -0.05) is 36.4 Å². The Labute approximate surface area is 121 Å². The average molecular weight is 312 g/mol. The van der Waals surface area contributed by atoms with E-state index in [4.69, 9.17) is 0 Å². The van der Waals surface area contributed by atoms with Crippen molar-refractivity contribution in [3.63, 3.8) is 0 Å². The second-order valence-corrected chi connectivity index (χ2v) is 5.58. The molecule has 0 atom stereocenters. The Morgan fingerprint density at radius 1 is 0.842 bits per heavy atom. The van der Waals surface area contributed by atoms with Crippen molar-refractivity contribution in [2.45, 2.75) is 12.8 Å². The van der Waals surface area contributed by atoms with Crippen molar-refractivity contribution >= 4 is 26.8 Å². The number of hydrogen-bond acceptors (Lipinski definition) is 1. The maximum Gasteiger partial charge on any atom is 0.0703 e. The van der Waals surface area contributed by atoms with Crippen LogP contribution in [0.25, 0.3) is 10.9 Å². The van der Waals surface area contributed by atoms with E-state index in [0.717, 1.165) is 22.8 Å². The summed E-state index contributed by atoms with van der Waals surface area (Å²) in [4.78, 5) is 4.39. The third kappa shape index (κ3) is 3.02. The molecule has 0 N–H and O–H groups in total. The third-order valence-corrected chi connectivity index (χ3v) is 3.69. The lowest BCUT2D eigenvalue weighted by Gasteiger charge is -2.04. The highest BCUT2D eigenvalue weighted by Crippen LogP contribution is 2.19. The normalized spacial score (nSPS) is 10.8. The summed E-state index contributed by atoms with van der Waals surface area (Å²) in [6, 6.07) is 19.2. The Balaban J connectivity index is 1.81. The van der Waals surface area contributed by atoms with Crippen LogP contribution in [0, 0.1) is 0 Å². The van der Waals surface area contributed by atoms with E-state index in [1.807, 2.05) is 6.20 Å². The molecule has 0 unspecified atom stereocenters. The molecule has 0 radical (unpaired) electrons. The van der Waals surface area contributed by atoms with Gasteiger partial charge < -0.3 is 0 Å². The zero-order valence-electron chi connectivity index (χ0n) is 10.5.